The molecule has 2 aromatic rings. The average molecular weight is 479 g/mol. The second kappa shape index (κ2) is 11.4. The molecule has 3 aliphatic rings. The van der Waals surface area contributed by atoms with E-state index in [2.05, 4.69) is 15.1 Å². The summed E-state index contributed by atoms with van der Waals surface area (Å²) in [5.74, 6) is 2.37. The van der Waals surface area contributed by atoms with Gasteiger partial charge in [0.25, 0.3) is 5.91 Å². The van der Waals surface area contributed by atoms with Gasteiger partial charge in [0.05, 0.1) is 26.0 Å². The number of ether oxygens (including phenoxy) is 2. The normalized spacial score (nSPS) is 18.2. The Balaban J connectivity index is 0.000000230. The average Bonchev–Trinajstić information content (AvgIpc) is 3.29. The molecule has 0 atom stereocenters. The number of amides is 1. The highest BCUT2D eigenvalue weighted by Gasteiger charge is 2.29. The fourth-order valence-corrected chi connectivity index (χ4v) is 5.57. The topological polar surface area (TPSA) is 70.7 Å². The van der Waals surface area contributed by atoms with E-state index < -0.39 is 0 Å². The highest BCUT2D eigenvalue weighted by Crippen LogP contribution is 2.43. The third-order valence-electron chi connectivity index (χ3n) is 6.04. The lowest BCUT2D eigenvalue weighted by atomic mass is 10.1. The predicted octanol–water partition coefficient (Wildman–Crippen LogP) is 3.87. The van der Waals surface area contributed by atoms with Crippen LogP contribution >= 0.6 is 23.4 Å². The lowest BCUT2D eigenvalue weighted by molar-refractivity contribution is 0.0298. The lowest BCUT2D eigenvalue weighted by Gasteiger charge is -2.27. The summed E-state index contributed by atoms with van der Waals surface area (Å²) in [5.41, 5.74) is 3.52. The largest absolute Gasteiger partial charge is 0.497 e. The Bertz CT molecular complexity index is 908. The molecule has 5 rings (SSSR count). The van der Waals surface area contributed by atoms with E-state index in [9.17, 15) is 4.79 Å². The van der Waals surface area contributed by atoms with Gasteiger partial charge in [-0.3, -0.25) is 9.89 Å². The molecule has 174 valence electrons. The minimum absolute atomic E-state index is 0.0135. The van der Waals surface area contributed by atoms with E-state index in [1.54, 1.807) is 18.9 Å². The number of morpholine rings is 1. The lowest BCUT2D eigenvalue weighted by Crippen LogP contribution is -2.41. The number of piperidine rings is 1. The van der Waals surface area contributed by atoms with Crippen LogP contribution in [0, 0.1) is 0 Å². The molecule has 2 saturated heterocycles. The first-order valence-electron chi connectivity index (χ1n) is 11.2. The molecule has 1 N–H and O–H groups in total. The fourth-order valence-electron chi connectivity index (χ4n) is 4.23. The molecule has 0 radical (unpaired) electrons. The maximum atomic E-state index is 12.7. The number of rotatable bonds is 4. The SMILES string of the molecule is COc1ccc2c(c1)SCc1c-2n[nH]c1C(=O)N1CCOCC1.ClCCN1CCCCC1. The van der Waals surface area contributed by atoms with Crippen molar-refractivity contribution in [2.45, 2.75) is 29.9 Å². The van der Waals surface area contributed by atoms with Gasteiger partial charge in [0.2, 0.25) is 0 Å². The molecule has 0 spiro atoms. The smallest absolute Gasteiger partial charge is 0.272 e. The molecule has 0 unspecified atom stereocenters. The highest BCUT2D eigenvalue weighted by molar-refractivity contribution is 7.98. The molecule has 9 heteroatoms. The summed E-state index contributed by atoms with van der Waals surface area (Å²) in [4.78, 5) is 18.1. The Hall–Kier alpha value is -1.74. The number of H-pyrrole nitrogens is 1. The number of likely N-dealkylation sites (tertiary alicyclic amines) is 1. The van der Waals surface area contributed by atoms with Crippen LogP contribution in [0.3, 0.4) is 0 Å². The van der Waals surface area contributed by atoms with E-state index in [1.807, 2.05) is 23.1 Å². The van der Waals surface area contributed by atoms with E-state index in [1.165, 1.54) is 32.4 Å². The van der Waals surface area contributed by atoms with Crippen molar-refractivity contribution < 1.29 is 14.3 Å². The van der Waals surface area contributed by atoms with Crippen molar-refractivity contribution in [1.29, 1.82) is 0 Å². The molecule has 4 heterocycles. The van der Waals surface area contributed by atoms with Crippen LogP contribution < -0.4 is 4.74 Å². The van der Waals surface area contributed by atoms with Gasteiger partial charge in [-0.2, -0.15) is 5.10 Å². The number of thioether (sulfide) groups is 1. The maximum Gasteiger partial charge on any atom is 0.272 e. The number of halogens is 1. The van der Waals surface area contributed by atoms with Crippen molar-refractivity contribution >= 4 is 29.3 Å². The van der Waals surface area contributed by atoms with Gasteiger partial charge in [0.15, 0.2) is 0 Å². The van der Waals surface area contributed by atoms with Crippen molar-refractivity contribution in [3.05, 3.63) is 29.5 Å². The van der Waals surface area contributed by atoms with Gasteiger partial charge in [0, 0.05) is 47.3 Å². The quantitative estimate of drug-likeness (QED) is 0.672. The number of nitrogens with one attached hydrogen (secondary N) is 1. The summed E-state index contributed by atoms with van der Waals surface area (Å²) in [7, 11) is 1.66. The Morgan fingerprint density at radius 1 is 1.22 bits per heavy atom. The number of hydrogen-bond donors (Lipinski definition) is 1. The number of benzene rings is 1. The Morgan fingerprint density at radius 2 is 2.00 bits per heavy atom. The van der Waals surface area contributed by atoms with E-state index in [-0.39, 0.29) is 5.91 Å². The van der Waals surface area contributed by atoms with Crippen LogP contribution in [0.4, 0.5) is 0 Å². The van der Waals surface area contributed by atoms with Gasteiger partial charge < -0.3 is 19.3 Å². The maximum absolute atomic E-state index is 12.7. The van der Waals surface area contributed by atoms with Crippen LogP contribution in [0.1, 0.15) is 35.3 Å². The van der Waals surface area contributed by atoms with Crippen molar-refractivity contribution in [3.63, 3.8) is 0 Å². The van der Waals surface area contributed by atoms with Crippen LogP contribution in [-0.4, -0.2) is 84.8 Å². The van der Waals surface area contributed by atoms with E-state index in [0.29, 0.717) is 32.0 Å². The number of hydrogen-bond acceptors (Lipinski definition) is 6. The first-order valence-corrected chi connectivity index (χ1v) is 12.8. The molecule has 3 aliphatic heterocycles. The molecule has 0 aliphatic carbocycles. The highest BCUT2D eigenvalue weighted by atomic mass is 35.5. The molecular weight excluding hydrogens is 448 g/mol. The van der Waals surface area contributed by atoms with Crippen LogP contribution in [0.15, 0.2) is 23.1 Å². The van der Waals surface area contributed by atoms with Crippen molar-refractivity contribution in [3.8, 4) is 17.0 Å². The molecule has 1 aromatic carbocycles. The van der Waals surface area contributed by atoms with Crippen LogP contribution in [0.5, 0.6) is 5.75 Å². The summed E-state index contributed by atoms with van der Waals surface area (Å²) >= 11 is 7.30. The molecule has 0 saturated carbocycles. The summed E-state index contributed by atoms with van der Waals surface area (Å²) < 4.78 is 10.6. The first-order chi connectivity index (χ1) is 15.7. The number of alkyl halides is 1. The number of carbonyl (C=O) groups is 1. The summed E-state index contributed by atoms with van der Waals surface area (Å²) in [5, 5.41) is 7.37. The Kier molecular flexibility index (Phi) is 8.35. The van der Waals surface area contributed by atoms with Crippen LogP contribution in [0.25, 0.3) is 11.3 Å². The Labute approximate surface area is 198 Å². The van der Waals surface area contributed by atoms with E-state index >= 15 is 0 Å². The molecule has 32 heavy (non-hydrogen) atoms. The standard InChI is InChI=1S/C16H17N3O3S.C7H14ClN/c1-21-10-2-3-11-13(8-10)23-9-12-14(11)17-18-15(12)16(20)19-4-6-22-7-5-19;8-4-7-9-5-2-1-3-6-9/h2-3,8H,4-7,9H2,1H3,(H,17,18);1-7H2. The number of fused-ring (bicyclic) bond motifs is 3. The predicted molar refractivity (Wildman–Crippen MR) is 128 cm³/mol. The molecular formula is C23H31ClN4O3S. The molecule has 7 nitrogen and oxygen atoms in total. The van der Waals surface area contributed by atoms with Gasteiger partial charge in [-0.15, -0.1) is 23.4 Å². The third kappa shape index (κ3) is 5.42. The van der Waals surface area contributed by atoms with Crippen LogP contribution in [0.2, 0.25) is 0 Å². The number of aromatic amines is 1. The number of aromatic nitrogens is 2. The number of carbonyl (C=O) groups excluding carboxylic acids is 1. The monoisotopic (exact) mass is 478 g/mol. The third-order valence-corrected chi connectivity index (χ3v) is 7.30. The minimum Gasteiger partial charge on any atom is -0.497 e. The minimum atomic E-state index is 0.0135. The zero-order valence-corrected chi connectivity index (χ0v) is 20.1. The summed E-state index contributed by atoms with van der Waals surface area (Å²) in [6, 6.07) is 5.94. The van der Waals surface area contributed by atoms with Gasteiger partial charge in [-0.25, -0.2) is 0 Å². The van der Waals surface area contributed by atoms with Gasteiger partial charge >= 0.3 is 0 Å². The van der Waals surface area contributed by atoms with Crippen molar-refractivity contribution in [2.75, 3.05) is 58.9 Å². The Morgan fingerprint density at radius 3 is 2.72 bits per heavy atom. The second-order valence-electron chi connectivity index (χ2n) is 8.07. The van der Waals surface area contributed by atoms with Gasteiger partial charge in [0.1, 0.15) is 11.4 Å². The zero-order valence-electron chi connectivity index (χ0n) is 18.6. The van der Waals surface area contributed by atoms with E-state index in [4.69, 9.17) is 21.1 Å². The molecule has 0 bridgehead atoms. The van der Waals surface area contributed by atoms with Gasteiger partial charge in [-0.05, 0) is 44.1 Å². The number of methoxy groups -OCH3 is 1. The fraction of sp³-hybridized carbons (Fsp3) is 0.565. The molecule has 2 fully saturated rings. The first kappa shape index (κ1) is 23.4. The van der Waals surface area contributed by atoms with Gasteiger partial charge in [-0.1, -0.05) is 6.42 Å². The van der Waals surface area contributed by atoms with Crippen LogP contribution in [-0.2, 0) is 10.5 Å². The zero-order chi connectivity index (χ0) is 22.3. The summed E-state index contributed by atoms with van der Waals surface area (Å²) in [6.45, 7) is 6.08. The molecule has 1 amide bonds. The molecule has 1 aromatic heterocycles. The number of nitrogens with zero attached hydrogens (tertiary/aromatic N) is 3. The van der Waals surface area contributed by atoms with E-state index in [0.717, 1.165) is 45.6 Å². The van der Waals surface area contributed by atoms with Crippen molar-refractivity contribution in [2.24, 2.45) is 0 Å². The second-order valence-corrected chi connectivity index (χ2v) is 9.47. The summed E-state index contributed by atoms with van der Waals surface area (Å²) in [6.07, 6.45) is 4.16. The van der Waals surface area contributed by atoms with Crippen molar-refractivity contribution in [1.82, 2.24) is 20.0 Å².